The predicted octanol–water partition coefficient (Wildman–Crippen LogP) is 3.22. The molecule has 0 radical (unpaired) electrons. The highest BCUT2D eigenvalue weighted by molar-refractivity contribution is 7.91. The molecule has 0 bridgehead atoms. The highest BCUT2D eigenvalue weighted by Crippen LogP contribution is 2.32. The Morgan fingerprint density at radius 3 is 2.58 bits per heavy atom. The standard InChI is InChI=1S/C18H18ClNO5S/c1-12-2-4-15(14(19)10-12)20-18(21)6-9-26(22,23)13-3-5-16-17(11-13)25-8-7-24-16/h2-5,10-11H,6-9H2,1H3,(H,20,21). The first-order valence-electron chi connectivity index (χ1n) is 8.03. The number of sulfone groups is 1. The Morgan fingerprint density at radius 1 is 1.12 bits per heavy atom. The van der Waals surface area contributed by atoms with Crippen LogP contribution in [-0.4, -0.2) is 33.3 Å². The van der Waals surface area contributed by atoms with E-state index in [0.717, 1.165) is 5.56 Å². The monoisotopic (exact) mass is 395 g/mol. The van der Waals surface area contributed by atoms with Crippen molar-refractivity contribution in [2.75, 3.05) is 24.3 Å². The summed E-state index contributed by atoms with van der Waals surface area (Å²) in [5.74, 6) is 0.175. The molecule has 3 rings (SSSR count). The molecule has 138 valence electrons. The van der Waals surface area contributed by atoms with E-state index in [1.165, 1.54) is 12.1 Å². The number of hydrogen-bond donors (Lipinski definition) is 1. The first-order chi connectivity index (χ1) is 12.3. The summed E-state index contributed by atoms with van der Waals surface area (Å²) in [6.07, 6.45) is -0.180. The van der Waals surface area contributed by atoms with Crippen LogP contribution in [0, 0.1) is 6.92 Å². The average molecular weight is 396 g/mol. The Morgan fingerprint density at radius 2 is 1.85 bits per heavy atom. The second-order valence-corrected chi connectivity index (χ2v) is 8.42. The summed E-state index contributed by atoms with van der Waals surface area (Å²) in [4.78, 5) is 12.2. The molecular formula is C18H18ClNO5S. The fourth-order valence-electron chi connectivity index (χ4n) is 2.50. The van der Waals surface area contributed by atoms with Crippen LogP contribution >= 0.6 is 11.6 Å². The minimum atomic E-state index is -3.63. The molecule has 1 N–H and O–H groups in total. The van der Waals surface area contributed by atoms with Crippen LogP contribution in [0.2, 0.25) is 5.02 Å². The van der Waals surface area contributed by atoms with Crippen molar-refractivity contribution in [2.24, 2.45) is 0 Å². The van der Waals surface area contributed by atoms with Crippen LogP contribution in [0.3, 0.4) is 0 Å². The fourth-order valence-corrected chi connectivity index (χ4v) is 4.03. The summed E-state index contributed by atoms with van der Waals surface area (Å²) in [6.45, 7) is 2.69. The van der Waals surface area contributed by atoms with Gasteiger partial charge in [-0.05, 0) is 36.8 Å². The van der Waals surface area contributed by atoms with Crippen LogP contribution < -0.4 is 14.8 Å². The summed E-state index contributed by atoms with van der Waals surface area (Å²) >= 11 is 6.07. The number of nitrogens with one attached hydrogen (secondary N) is 1. The molecule has 8 heteroatoms. The zero-order chi connectivity index (χ0) is 18.7. The highest BCUT2D eigenvalue weighted by atomic mass is 35.5. The van der Waals surface area contributed by atoms with Gasteiger partial charge in [0.2, 0.25) is 5.91 Å². The lowest BCUT2D eigenvalue weighted by molar-refractivity contribution is -0.115. The largest absolute Gasteiger partial charge is 0.486 e. The van der Waals surface area contributed by atoms with E-state index in [4.69, 9.17) is 21.1 Å². The average Bonchev–Trinajstić information content (AvgIpc) is 2.62. The van der Waals surface area contributed by atoms with Crippen LogP contribution in [-0.2, 0) is 14.6 Å². The lowest BCUT2D eigenvalue weighted by Crippen LogP contribution is -2.18. The molecule has 0 atom stereocenters. The number of anilines is 1. The Labute approximate surface area is 157 Å². The maximum atomic E-state index is 12.5. The van der Waals surface area contributed by atoms with Gasteiger partial charge < -0.3 is 14.8 Å². The van der Waals surface area contributed by atoms with Crippen molar-refractivity contribution in [3.05, 3.63) is 47.0 Å². The maximum Gasteiger partial charge on any atom is 0.225 e. The lowest BCUT2D eigenvalue weighted by atomic mass is 10.2. The lowest BCUT2D eigenvalue weighted by Gasteiger charge is -2.18. The van der Waals surface area contributed by atoms with Crippen molar-refractivity contribution in [3.63, 3.8) is 0 Å². The van der Waals surface area contributed by atoms with E-state index < -0.39 is 15.7 Å². The summed E-state index contributed by atoms with van der Waals surface area (Å²) in [5, 5.41) is 3.04. The van der Waals surface area contributed by atoms with Gasteiger partial charge in [-0.25, -0.2) is 8.42 Å². The highest BCUT2D eigenvalue weighted by Gasteiger charge is 2.20. The van der Waals surface area contributed by atoms with Crippen molar-refractivity contribution in [2.45, 2.75) is 18.2 Å². The summed E-state index contributed by atoms with van der Waals surface area (Å²) < 4.78 is 35.8. The van der Waals surface area contributed by atoms with Crippen LogP contribution in [0.5, 0.6) is 11.5 Å². The Balaban J connectivity index is 1.65. The molecule has 0 aliphatic carbocycles. The molecule has 1 heterocycles. The Kier molecular flexibility index (Phi) is 5.38. The maximum absolute atomic E-state index is 12.5. The summed E-state index contributed by atoms with van der Waals surface area (Å²) in [7, 11) is -3.63. The molecule has 1 amide bonds. The third-order valence-electron chi connectivity index (χ3n) is 3.87. The van der Waals surface area contributed by atoms with Gasteiger partial charge in [-0.1, -0.05) is 17.7 Å². The van der Waals surface area contributed by atoms with Crippen LogP contribution in [0.4, 0.5) is 5.69 Å². The van der Waals surface area contributed by atoms with Gasteiger partial charge in [0, 0.05) is 12.5 Å². The van der Waals surface area contributed by atoms with Gasteiger partial charge in [-0.15, -0.1) is 0 Å². The fraction of sp³-hybridized carbons (Fsp3) is 0.278. The van der Waals surface area contributed by atoms with Gasteiger partial charge in [-0.3, -0.25) is 4.79 Å². The zero-order valence-electron chi connectivity index (χ0n) is 14.1. The molecule has 0 saturated carbocycles. The van der Waals surface area contributed by atoms with Gasteiger partial charge in [0.25, 0.3) is 0 Å². The normalized spacial score (nSPS) is 13.3. The smallest absolute Gasteiger partial charge is 0.225 e. The van der Waals surface area contributed by atoms with Crippen LogP contribution in [0.1, 0.15) is 12.0 Å². The molecule has 26 heavy (non-hydrogen) atoms. The third kappa shape index (κ3) is 4.28. The number of hydrogen-bond acceptors (Lipinski definition) is 5. The van der Waals surface area contributed by atoms with E-state index in [1.807, 2.05) is 13.0 Å². The molecule has 2 aromatic carbocycles. The minimum Gasteiger partial charge on any atom is -0.486 e. The van der Waals surface area contributed by atoms with Crippen LogP contribution in [0.25, 0.3) is 0 Å². The molecule has 6 nitrogen and oxygen atoms in total. The molecule has 0 unspecified atom stereocenters. The minimum absolute atomic E-state index is 0.0999. The number of amides is 1. The van der Waals surface area contributed by atoms with Crippen molar-refractivity contribution in [1.29, 1.82) is 0 Å². The van der Waals surface area contributed by atoms with Gasteiger partial charge in [-0.2, -0.15) is 0 Å². The van der Waals surface area contributed by atoms with Gasteiger partial charge >= 0.3 is 0 Å². The number of carbonyl (C=O) groups excluding carboxylic acids is 1. The van der Waals surface area contributed by atoms with Crippen LogP contribution in [0.15, 0.2) is 41.3 Å². The van der Waals surface area contributed by atoms with Gasteiger partial charge in [0.05, 0.1) is 21.4 Å². The molecule has 0 spiro atoms. The first kappa shape index (κ1) is 18.5. The number of rotatable bonds is 5. The predicted molar refractivity (Wildman–Crippen MR) is 98.9 cm³/mol. The summed E-state index contributed by atoms with van der Waals surface area (Å²) in [6, 6.07) is 9.67. The molecule has 1 aliphatic rings. The van der Waals surface area contributed by atoms with Crippen molar-refractivity contribution in [3.8, 4) is 11.5 Å². The topological polar surface area (TPSA) is 81.7 Å². The van der Waals surface area contributed by atoms with E-state index in [2.05, 4.69) is 5.32 Å². The van der Waals surface area contributed by atoms with E-state index in [9.17, 15) is 13.2 Å². The van der Waals surface area contributed by atoms with Gasteiger partial charge in [0.15, 0.2) is 21.3 Å². The van der Waals surface area contributed by atoms with E-state index in [-0.39, 0.29) is 17.1 Å². The van der Waals surface area contributed by atoms with E-state index in [0.29, 0.717) is 35.4 Å². The molecule has 2 aromatic rings. The molecule has 0 fully saturated rings. The van der Waals surface area contributed by atoms with E-state index >= 15 is 0 Å². The Hall–Kier alpha value is -2.25. The second-order valence-electron chi connectivity index (χ2n) is 5.91. The number of halogens is 1. The quantitative estimate of drug-likeness (QED) is 0.840. The second kappa shape index (κ2) is 7.55. The first-order valence-corrected chi connectivity index (χ1v) is 10.1. The van der Waals surface area contributed by atoms with Crippen molar-refractivity contribution in [1.82, 2.24) is 0 Å². The number of carbonyl (C=O) groups is 1. The SMILES string of the molecule is Cc1ccc(NC(=O)CCS(=O)(=O)c2ccc3c(c2)OCCO3)c(Cl)c1. The van der Waals surface area contributed by atoms with Gasteiger partial charge in [0.1, 0.15) is 13.2 Å². The van der Waals surface area contributed by atoms with Crippen molar-refractivity contribution >= 4 is 33.0 Å². The molecule has 0 aromatic heterocycles. The number of ether oxygens (including phenoxy) is 2. The number of aryl methyl sites for hydroxylation is 1. The zero-order valence-corrected chi connectivity index (χ0v) is 15.7. The molecular weight excluding hydrogens is 378 g/mol. The van der Waals surface area contributed by atoms with Crippen molar-refractivity contribution < 1.29 is 22.7 Å². The number of fused-ring (bicyclic) bond motifs is 1. The number of benzene rings is 2. The van der Waals surface area contributed by atoms with E-state index in [1.54, 1.807) is 18.2 Å². The Bertz CT molecular complexity index is 943. The summed E-state index contributed by atoms with van der Waals surface area (Å²) in [5.41, 5.74) is 1.42. The molecule has 0 saturated heterocycles. The molecule has 1 aliphatic heterocycles. The third-order valence-corrected chi connectivity index (χ3v) is 5.90.